The zero-order chi connectivity index (χ0) is 15.1. The number of hydrogen-bond acceptors (Lipinski definition) is 5. The van der Waals surface area contributed by atoms with Gasteiger partial charge in [0.15, 0.2) is 0 Å². The Balaban J connectivity index is 1.73. The second kappa shape index (κ2) is 7.48. The van der Waals surface area contributed by atoms with E-state index >= 15 is 0 Å². The van der Waals surface area contributed by atoms with Crippen LogP contribution in [0, 0.1) is 11.3 Å². The van der Waals surface area contributed by atoms with E-state index < -0.39 is 6.10 Å². The molecule has 1 unspecified atom stereocenters. The number of hydrogen-bond donors (Lipinski definition) is 1. The van der Waals surface area contributed by atoms with Crippen LogP contribution >= 0.6 is 0 Å². The SMILES string of the molecule is CN(Cc1ccco1)CC(O)COc1ccc(C#N)cc1. The van der Waals surface area contributed by atoms with Crippen molar-refractivity contribution in [2.24, 2.45) is 0 Å². The molecule has 0 bridgehead atoms. The second-order valence-electron chi connectivity index (χ2n) is 4.88. The molecule has 0 amide bonds. The van der Waals surface area contributed by atoms with Crippen LogP contribution in [0.15, 0.2) is 47.1 Å². The number of ether oxygens (including phenoxy) is 1. The second-order valence-corrected chi connectivity index (χ2v) is 4.88. The average molecular weight is 286 g/mol. The molecular weight excluding hydrogens is 268 g/mol. The summed E-state index contributed by atoms with van der Waals surface area (Å²) in [7, 11) is 1.91. The lowest BCUT2D eigenvalue weighted by Gasteiger charge is -2.19. The first-order chi connectivity index (χ1) is 10.2. The Labute approximate surface area is 124 Å². The van der Waals surface area contributed by atoms with Gasteiger partial charge in [-0.2, -0.15) is 5.26 Å². The quantitative estimate of drug-likeness (QED) is 0.843. The Morgan fingerprint density at radius 1 is 1.33 bits per heavy atom. The summed E-state index contributed by atoms with van der Waals surface area (Å²) >= 11 is 0. The first-order valence-electron chi connectivity index (χ1n) is 6.69. The minimum absolute atomic E-state index is 0.203. The maximum absolute atomic E-state index is 9.96. The molecule has 0 saturated carbocycles. The van der Waals surface area contributed by atoms with Crippen molar-refractivity contribution >= 4 is 0 Å². The zero-order valence-electron chi connectivity index (χ0n) is 11.9. The molecule has 21 heavy (non-hydrogen) atoms. The normalized spacial score (nSPS) is 12.1. The molecule has 1 N–H and O–H groups in total. The van der Waals surface area contributed by atoms with Crippen molar-refractivity contribution in [3.8, 4) is 11.8 Å². The third-order valence-corrected chi connectivity index (χ3v) is 2.95. The van der Waals surface area contributed by atoms with Crippen molar-refractivity contribution in [3.63, 3.8) is 0 Å². The lowest BCUT2D eigenvalue weighted by Crippen LogP contribution is -2.32. The Kier molecular flexibility index (Phi) is 5.38. The van der Waals surface area contributed by atoms with Crippen LogP contribution in [0.5, 0.6) is 5.75 Å². The van der Waals surface area contributed by atoms with Crippen LogP contribution in [0.4, 0.5) is 0 Å². The van der Waals surface area contributed by atoms with Crippen LogP contribution in [-0.4, -0.2) is 36.3 Å². The molecule has 5 nitrogen and oxygen atoms in total. The van der Waals surface area contributed by atoms with Crippen molar-refractivity contribution in [1.82, 2.24) is 4.90 Å². The van der Waals surface area contributed by atoms with Gasteiger partial charge in [-0.15, -0.1) is 0 Å². The molecule has 0 fully saturated rings. The van der Waals surface area contributed by atoms with E-state index in [4.69, 9.17) is 14.4 Å². The van der Waals surface area contributed by atoms with Crippen molar-refractivity contribution in [2.75, 3.05) is 20.2 Å². The summed E-state index contributed by atoms with van der Waals surface area (Å²) in [6.45, 7) is 1.33. The van der Waals surface area contributed by atoms with Gasteiger partial charge in [0.2, 0.25) is 0 Å². The molecule has 1 atom stereocenters. The van der Waals surface area contributed by atoms with Gasteiger partial charge in [0, 0.05) is 6.54 Å². The molecule has 0 saturated heterocycles. The van der Waals surface area contributed by atoms with Crippen LogP contribution in [0.25, 0.3) is 0 Å². The third kappa shape index (κ3) is 4.95. The highest BCUT2D eigenvalue weighted by Gasteiger charge is 2.10. The van der Waals surface area contributed by atoms with E-state index in [1.807, 2.05) is 30.1 Å². The van der Waals surface area contributed by atoms with Gasteiger partial charge in [-0.05, 0) is 43.4 Å². The fourth-order valence-corrected chi connectivity index (χ4v) is 1.96. The summed E-state index contributed by atoms with van der Waals surface area (Å²) in [6, 6.07) is 12.6. The van der Waals surface area contributed by atoms with Gasteiger partial charge in [-0.1, -0.05) is 0 Å². The van der Waals surface area contributed by atoms with Crippen LogP contribution in [-0.2, 0) is 6.54 Å². The number of aliphatic hydroxyl groups excluding tert-OH is 1. The molecule has 0 aliphatic carbocycles. The van der Waals surface area contributed by atoms with Crippen molar-refractivity contribution in [1.29, 1.82) is 5.26 Å². The molecule has 110 valence electrons. The van der Waals surface area contributed by atoms with E-state index in [2.05, 4.69) is 0 Å². The molecular formula is C16H18N2O3. The highest BCUT2D eigenvalue weighted by atomic mass is 16.5. The predicted octanol–water partition coefficient (Wildman–Crippen LogP) is 2.02. The molecule has 0 aliphatic heterocycles. The van der Waals surface area contributed by atoms with E-state index in [0.29, 0.717) is 24.4 Å². The highest BCUT2D eigenvalue weighted by molar-refractivity contribution is 5.34. The standard InChI is InChI=1S/C16H18N2O3/c1-18(11-16-3-2-8-20-16)10-14(19)12-21-15-6-4-13(9-17)5-7-15/h2-8,14,19H,10-12H2,1H3. The number of nitrogens with zero attached hydrogens (tertiary/aromatic N) is 2. The maximum Gasteiger partial charge on any atom is 0.119 e. The van der Waals surface area contributed by atoms with Gasteiger partial charge in [0.05, 0.1) is 24.4 Å². The molecule has 0 spiro atoms. The highest BCUT2D eigenvalue weighted by Crippen LogP contribution is 2.12. The Morgan fingerprint density at radius 3 is 2.71 bits per heavy atom. The maximum atomic E-state index is 9.96. The molecule has 1 aromatic carbocycles. The molecule has 1 aromatic heterocycles. The number of likely N-dealkylation sites (N-methyl/N-ethyl adjacent to an activating group) is 1. The summed E-state index contributed by atoms with van der Waals surface area (Å²) in [5.74, 6) is 1.50. The Bertz CT molecular complexity index is 573. The van der Waals surface area contributed by atoms with E-state index in [-0.39, 0.29) is 6.61 Å². The van der Waals surface area contributed by atoms with Gasteiger partial charge in [0.1, 0.15) is 24.2 Å². The zero-order valence-corrected chi connectivity index (χ0v) is 11.9. The smallest absolute Gasteiger partial charge is 0.119 e. The topological polar surface area (TPSA) is 69.6 Å². The summed E-state index contributed by atoms with van der Waals surface area (Å²) in [5.41, 5.74) is 0.584. The summed E-state index contributed by atoms with van der Waals surface area (Å²) in [6.07, 6.45) is 1.04. The van der Waals surface area contributed by atoms with Crippen LogP contribution in [0.3, 0.4) is 0 Å². The monoisotopic (exact) mass is 286 g/mol. The average Bonchev–Trinajstić information content (AvgIpc) is 2.98. The van der Waals surface area contributed by atoms with E-state index in [1.165, 1.54) is 0 Å². The van der Waals surface area contributed by atoms with Crippen molar-refractivity contribution in [3.05, 3.63) is 54.0 Å². The first-order valence-corrected chi connectivity index (χ1v) is 6.69. The fraction of sp³-hybridized carbons (Fsp3) is 0.312. The minimum Gasteiger partial charge on any atom is -0.491 e. The number of aliphatic hydroxyl groups is 1. The predicted molar refractivity (Wildman–Crippen MR) is 77.7 cm³/mol. The lowest BCUT2D eigenvalue weighted by atomic mass is 10.2. The molecule has 1 heterocycles. The summed E-state index contributed by atoms with van der Waals surface area (Å²) < 4.78 is 10.7. The van der Waals surface area contributed by atoms with E-state index in [0.717, 1.165) is 5.76 Å². The lowest BCUT2D eigenvalue weighted by molar-refractivity contribution is 0.0725. The van der Waals surface area contributed by atoms with Gasteiger partial charge in [0.25, 0.3) is 0 Å². The van der Waals surface area contributed by atoms with Crippen LogP contribution in [0.1, 0.15) is 11.3 Å². The molecule has 0 aliphatic rings. The molecule has 5 heteroatoms. The molecule has 0 radical (unpaired) electrons. The third-order valence-electron chi connectivity index (χ3n) is 2.95. The van der Waals surface area contributed by atoms with E-state index in [1.54, 1.807) is 30.5 Å². The minimum atomic E-state index is -0.597. The number of benzene rings is 1. The largest absolute Gasteiger partial charge is 0.491 e. The van der Waals surface area contributed by atoms with Crippen molar-refractivity contribution < 1.29 is 14.3 Å². The molecule has 2 aromatic rings. The van der Waals surface area contributed by atoms with Crippen LogP contribution in [0.2, 0.25) is 0 Å². The summed E-state index contributed by atoms with van der Waals surface area (Å²) in [5, 5.41) is 18.7. The number of rotatable bonds is 7. The Hall–Kier alpha value is -2.29. The molecule has 2 rings (SSSR count). The van der Waals surface area contributed by atoms with Gasteiger partial charge in [-0.3, -0.25) is 4.90 Å². The Morgan fingerprint density at radius 2 is 2.10 bits per heavy atom. The van der Waals surface area contributed by atoms with Gasteiger partial charge >= 0.3 is 0 Å². The fourth-order valence-electron chi connectivity index (χ4n) is 1.96. The first kappa shape index (κ1) is 15.1. The summed E-state index contributed by atoms with van der Waals surface area (Å²) in [4.78, 5) is 1.96. The van der Waals surface area contributed by atoms with Crippen LogP contribution < -0.4 is 4.74 Å². The van der Waals surface area contributed by atoms with Gasteiger partial charge in [-0.25, -0.2) is 0 Å². The number of furan rings is 1. The number of nitriles is 1. The van der Waals surface area contributed by atoms with Gasteiger partial charge < -0.3 is 14.3 Å². The van der Waals surface area contributed by atoms with E-state index in [9.17, 15) is 5.11 Å². The van der Waals surface area contributed by atoms with Crippen molar-refractivity contribution in [2.45, 2.75) is 12.6 Å².